The van der Waals surface area contributed by atoms with Crippen LogP contribution in [0.5, 0.6) is 0 Å². The van der Waals surface area contributed by atoms with Crippen molar-refractivity contribution in [1.29, 1.82) is 0 Å². The van der Waals surface area contributed by atoms with Gasteiger partial charge in [0.05, 0.1) is 0 Å². The van der Waals surface area contributed by atoms with E-state index in [1.54, 1.807) is 0 Å². The van der Waals surface area contributed by atoms with Crippen LogP contribution < -0.4 is 5.32 Å². The standard InChI is InChI=1S/C17H27N3O/c1-11(2)10-20(14-6-7-14)17(21)13-8-15(12(3)4)19-16(9-13)18-5/h8-9,11-12,14H,6-7,10H2,1-5H3,(H,18,19). The second kappa shape index (κ2) is 6.46. The van der Waals surface area contributed by atoms with Crippen molar-refractivity contribution in [2.24, 2.45) is 5.92 Å². The molecule has 0 aliphatic heterocycles. The summed E-state index contributed by atoms with van der Waals surface area (Å²) in [5.74, 6) is 1.71. The monoisotopic (exact) mass is 289 g/mol. The normalized spacial score (nSPS) is 14.6. The average Bonchev–Trinajstić information content (AvgIpc) is 3.27. The van der Waals surface area contributed by atoms with Gasteiger partial charge in [0.15, 0.2) is 0 Å². The van der Waals surface area contributed by atoms with Crippen molar-refractivity contribution in [3.05, 3.63) is 23.4 Å². The van der Waals surface area contributed by atoms with Crippen molar-refractivity contribution in [3.8, 4) is 0 Å². The van der Waals surface area contributed by atoms with Crippen molar-refractivity contribution in [1.82, 2.24) is 9.88 Å². The molecule has 21 heavy (non-hydrogen) atoms. The van der Waals surface area contributed by atoms with Gasteiger partial charge in [-0.25, -0.2) is 4.98 Å². The third-order valence-electron chi connectivity index (χ3n) is 3.75. The van der Waals surface area contributed by atoms with E-state index in [-0.39, 0.29) is 5.91 Å². The van der Waals surface area contributed by atoms with E-state index in [0.29, 0.717) is 17.9 Å². The molecule has 2 rings (SSSR count). The molecule has 116 valence electrons. The first kappa shape index (κ1) is 15.8. The SMILES string of the molecule is CNc1cc(C(=O)N(CC(C)C)C2CC2)cc(C(C)C)n1. The van der Waals surface area contributed by atoms with E-state index >= 15 is 0 Å². The molecule has 1 aliphatic rings. The molecular formula is C17H27N3O. The highest BCUT2D eigenvalue weighted by atomic mass is 16.2. The Kier molecular flexibility index (Phi) is 4.86. The Morgan fingerprint density at radius 1 is 1.33 bits per heavy atom. The fourth-order valence-electron chi connectivity index (χ4n) is 2.44. The number of aromatic nitrogens is 1. The van der Waals surface area contributed by atoms with Crippen molar-refractivity contribution in [3.63, 3.8) is 0 Å². The number of carbonyl (C=O) groups is 1. The lowest BCUT2D eigenvalue weighted by atomic mass is 10.1. The second-order valence-corrected chi connectivity index (χ2v) is 6.65. The van der Waals surface area contributed by atoms with E-state index in [2.05, 4.69) is 38.0 Å². The molecule has 4 heteroatoms. The molecule has 0 aromatic carbocycles. The van der Waals surface area contributed by atoms with Crippen LogP contribution in [0.25, 0.3) is 0 Å². The minimum atomic E-state index is 0.145. The summed E-state index contributed by atoms with van der Waals surface area (Å²) in [7, 11) is 1.84. The fraction of sp³-hybridized carbons (Fsp3) is 0.647. The van der Waals surface area contributed by atoms with Crippen LogP contribution in [0.2, 0.25) is 0 Å². The zero-order chi connectivity index (χ0) is 15.6. The van der Waals surface area contributed by atoms with Crippen LogP contribution in [0.1, 0.15) is 62.5 Å². The summed E-state index contributed by atoms with van der Waals surface area (Å²) in [6.07, 6.45) is 2.28. The van der Waals surface area contributed by atoms with Gasteiger partial charge in [-0.15, -0.1) is 0 Å². The lowest BCUT2D eigenvalue weighted by Gasteiger charge is -2.25. The Morgan fingerprint density at radius 3 is 2.48 bits per heavy atom. The first-order chi connectivity index (χ1) is 9.92. The van der Waals surface area contributed by atoms with Gasteiger partial charge in [0, 0.05) is 30.9 Å². The number of hydrogen-bond acceptors (Lipinski definition) is 3. The van der Waals surface area contributed by atoms with Crippen molar-refractivity contribution < 1.29 is 4.79 Å². The zero-order valence-corrected chi connectivity index (χ0v) is 13.8. The van der Waals surface area contributed by atoms with Crippen LogP contribution in [0.4, 0.5) is 5.82 Å². The van der Waals surface area contributed by atoms with Gasteiger partial charge in [0.2, 0.25) is 0 Å². The van der Waals surface area contributed by atoms with Crippen LogP contribution in [-0.2, 0) is 0 Å². The highest BCUT2D eigenvalue weighted by Crippen LogP contribution is 2.30. The summed E-state index contributed by atoms with van der Waals surface area (Å²) in [6, 6.07) is 4.25. The number of amides is 1. The molecule has 0 saturated heterocycles. The Balaban J connectivity index is 2.29. The van der Waals surface area contributed by atoms with E-state index in [0.717, 1.165) is 36.5 Å². The molecule has 1 saturated carbocycles. The number of hydrogen-bond donors (Lipinski definition) is 1. The molecule has 1 amide bonds. The summed E-state index contributed by atoms with van der Waals surface area (Å²) in [6.45, 7) is 9.35. The maximum Gasteiger partial charge on any atom is 0.254 e. The Labute approximate surface area is 127 Å². The number of pyridine rings is 1. The quantitative estimate of drug-likeness (QED) is 0.871. The van der Waals surface area contributed by atoms with Gasteiger partial charge in [0.25, 0.3) is 5.91 Å². The maximum atomic E-state index is 12.9. The lowest BCUT2D eigenvalue weighted by Crippen LogP contribution is -2.36. The molecule has 0 spiro atoms. The fourth-order valence-corrected chi connectivity index (χ4v) is 2.44. The van der Waals surface area contributed by atoms with E-state index in [1.165, 1.54) is 0 Å². The molecule has 0 radical (unpaired) electrons. The largest absolute Gasteiger partial charge is 0.373 e. The molecule has 1 aromatic rings. The van der Waals surface area contributed by atoms with Crippen molar-refractivity contribution in [2.75, 3.05) is 18.9 Å². The minimum absolute atomic E-state index is 0.145. The molecular weight excluding hydrogens is 262 g/mol. The summed E-state index contributed by atoms with van der Waals surface area (Å²) < 4.78 is 0. The third kappa shape index (κ3) is 3.96. The van der Waals surface area contributed by atoms with Crippen LogP contribution >= 0.6 is 0 Å². The van der Waals surface area contributed by atoms with Crippen LogP contribution in [0.3, 0.4) is 0 Å². The smallest absolute Gasteiger partial charge is 0.254 e. The van der Waals surface area contributed by atoms with Crippen LogP contribution in [0, 0.1) is 5.92 Å². The summed E-state index contributed by atoms with van der Waals surface area (Å²) in [4.78, 5) is 19.5. The topological polar surface area (TPSA) is 45.2 Å². The Morgan fingerprint density at radius 2 is 2.00 bits per heavy atom. The van der Waals surface area contributed by atoms with Crippen LogP contribution in [-0.4, -0.2) is 35.4 Å². The number of anilines is 1. The summed E-state index contributed by atoms with van der Waals surface area (Å²) in [5, 5.41) is 3.06. The number of nitrogens with zero attached hydrogens (tertiary/aromatic N) is 2. The van der Waals surface area contributed by atoms with Crippen molar-refractivity contribution >= 4 is 11.7 Å². The minimum Gasteiger partial charge on any atom is -0.373 e. The number of rotatable bonds is 6. The second-order valence-electron chi connectivity index (χ2n) is 6.65. The lowest BCUT2D eigenvalue weighted by molar-refractivity contribution is 0.0722. The first-order valence-corrected chi connectivity index (χ1v) is 7.93. The molecule has 1 N–H and O–H groups in total. The highest BCUT2D eigenvalue weighted by Gasteiger charge is 2.33. The highest BCUT2D eigenvalue weighted by molar-refractivity contribution is 5.95. The Hall–Kier alpha value is -1.58. The molecule has 1 fully saturated rings. The van der Waals surface area contributed by atoms with Crippen LogP contribution in [0.15, 0.2) is 12.1 Å². The van der Waals surface area contributed by atoms with Gasteiger partial charge < -0.3 is 10.2 Å². The van der Waals surface area contributed by atoms with Gasteiger partial charge in [-0.3, -0.25) is 4.79 Å². The molecule has 1 heterocycles. The van der Waals surface area contributed by atoms with E-state index < -0.39 is 0 Å². The predicted molar refractivity (Wildman–Crippen MR) is 86.8 cm³/mol. The molecule has 0 unspecified atom stereocenters. The summed E-state index contributed by atoms with van der Waals surface area (Å²) >= 11 is 0. The Bertz CT molecular complexity index is 507. The van der Waals surface area contributed by atoms with E-state index in [1.807, 2.05) is 24.1 Å². The molecule has 1 aliphatic carbocycles. The maximum absolute atomic E-state index is 12.9. The molecule has 4 nitrogen and oxygen atoms in total. The van der Waals surface area contributed by atoms with Gasteiger partial charge in [-0.05, 0) is 36.8 Å². The van der Waals surface area contributed by atoms with Crippen molar-refractivity contribution in [2.45, 2.75) is 52.5 Å². The third-order valence-corrected chi connectivity index (χ3v) is 3.75. The summed E-state index contributed by atoms with van der Waals surface area (Å²) in [5.41, 5.74) is 1.72. The molecule has 1 aromatic heterocycles. The predicted octanol–water partition coefficient (Wildman–Crippen LogP) is 3.51. The van der Waals surface area contributed by atoms with Gasteiger partial charge in [-0.2, -0.15) is 0 Å². The van der Waals surface area contributed by atoms with Gasteiger partial charge in [0.1, 0.15) is 5.82 Å². The number of carbonyl (C=O) groups excluding carboxylic acids is 1. The molecule has 0 atom stereocenters. The van der Waals surface area contributed by atoms with Gasteiger partial charge >= 0.3 is 0 Å². The zero-order valence-electron chi connectivity index (χ0n) is 13.8. The van der Waals surface area contributed by atoms with E-state index in [4.69, 9.17) is 0 Å². The molecule has 0 bridgehead atoms. The number of nitrogens with one attached hydrogen (secondary N) is 1. The first-order valence-electron chi connectivity index (χ1n) is 7.93. The van der Waals surface area contributed by atoms with E-state index in [9.17, 15) is 4.79 Å². The average molecular weight is 289 g/mol. The van der Waals surface area contributed by atoms with Gasteiger partial charge in [-0.1, -0.05) is 27.7 Å².